The van der Waals surface area contributed by atoms with Crippen molar-refractivity contribution in [1.29, 1.82) is 0 Å². The molecule has 7 nitrogen and oxygen atoms in total. The minimum Gasteiger partial charge on any atom is -0.324 e. The van der Waals surface area contributed by atoms with Gasteiger partial charge in [-0.3, -0.25) is 14.2 Å². The fourth-order valence-corrected chi connectivity index (χ4v) is 2.91. The van der Waals surface area contributed by atoms with Crippen LogP contribution in [0.4, 0.5) is 21.7 Å². The van der Waals surface area contributed by atoms with E-state index in [1.54, 1.807) is 48.7 Å². The topological polar surface area (TPSA) is 88.9 Å². The molecule has 0 spiro atoms. The highest BCUT2D eigenvalue weighted by Gasteiger charge is 2.10. The minimum absolute atomic E-state index is 0.254. The lowest BCUT2D eigenvalue weighted by Crippen LogP contribution is -2.19. The van der Waals surface area contributed by atoms with Gasteiger partial charge in [0.25, 0.3) is 5.56 Å². The summed E-state index contributed by atoms with van der Waals surface area (Å²) < 4.78 is 14.6. The number of nitrogens with one attached hydrogen (secondary N) is 2. The number of carbonyl (C=O) groups is 1. The molecule has 2 heterocycles. The van der Waals surface area contributed by atoms with Crippen molar-refractivity contribution in [2.75, 3.05) is 10.6 Å². The molecule has 2 aromatic heterocycles. The van der Waals surface area contributed by atoms with E-state index in [4.69, 9.17) is 0 Å². The van der Waals surface area contributed by atoms with Crippen LogP contribution in [-0.4, -0.2) is 20.4 Å². The fraction of sp³-hybridized carbons (Fsp3) is 0. The van der Waals surface area contributed by atoms with Crippen LogP contribution in [0.5, 0.6) is 0 Å². The van der Waals surface area contributed by atoms with E-state index in [0.717, 1.165) is 6.08 Å². The van der Waals surface area contributed by atoms with Crippen molar-refractivity contribution in [3.8, 4) is 5.69 Å². The van der Waals surface area contributed by atoms with Gasteiger partial charge in [-0.15, -0.1) is 0 Å². The number of halogens is 1. The van der Waals surface area contributed by atoms with Crippen LogP contribution < -0.4 is 16.2 Å². The first-order valence-corrected chi connectivity index (χ1v) is 8.99. The van der Waals surface area contributed by atoms with Gasteiger partial charge in [-0.25, -0.2) is 9.37 Å². The molecule has 2 N–H and O–H groups in total. The Morgan fingerprint density at radius 3 is 2.63 bits per heavy atom. The molecule has 0 aliphatic heterocycles. The van der Waals surface area contributed by atoms with Gasteiger partial charge >= 0.3 is 0 Å². The molecule has 0 saturated heterocycles. The van der Waals surface area contributed by atoms with E-state index in [1.165, 1.54) is 22.8 Å². The molecule has 0 saturated carbocycles. The first-order valence-electron chi connectivity index (χ1n) is 8.99. The van der Waals surface area contributed by atoms with Crippen LogP contribution in [0.3, 0.4) is 0 Å². The summed E-state index contributed by atoms with van der Waals surface area (Å²) >= 11 is 0. The maximum atomic E-state index is 13.1. The third-order valence-corrected chi connectivity index (χ3v) is 4.29. The number of rotatable bonds is 5. The Kier molecular flexibility index (Phi) is 5.04. The molecule has 0 unspecified atom stereocenters. The van der Waals surface area contributed by atoms with Crippen molar-refractivity contribution in [2.45, 2.75) is 0 Å². The molecule has 0 bridgehead atoms. The smallest absolute Gasteiger partial charge is 0.256 e. The van der Waals surface area contributed by atoms with Gasteiger partial charge in [0, 0.05) is 29.0 Å². The number of anilines is 3. The Bertz CT molecular complexity index is 1320. The number of hydrogen-bond donors (Lipinski definition) is 2. The van der Waals surface area contributed by atoms with Crippen LogP contribution in [0, 0.1) is 5.82 Å². The Balaban J connectivity index is 1.79. The molecular weight excluding hydrogens is 385 g/mol. The number of aromatic nitrogens is 3. The minimum atomic E-state index is -0.356. The normalized spacial score (nSPS) is 10.6. The number of hydrogen-bond acceptors (Lipinski definition) is 5. The van der Waals surface area contributed by atoms with E-state index in [0.29, 0.717) is 28.1 Å². The number of benzene rings is 2. The van der Waals surface area contributed by atoms with E-state index < -0.39 is 0 Å². The van der Waals surface area contributed by atoms with E-state index in [9.17, 15) is 14.0 Å². The SMILES string of the molecule is C=CC(=O)Nc1cccc(-n2c(=O)ccc3cnc(Nc4ccc(F)cc4)nc32)c1. The summed E-state index contributed by atoms with van der Waals surface area (Å²) in [5, 5.41) is 6.32. The third kappa shape index (κ3) is 3.93. The Labute approximate surface area is 170 Å². The molecule has 0 fully saturated rings. The highest BCUT2D eigenvalue weighted by molar-refractivity contribution is 5.99. The number of pyridine rings is 1. The average Bonchev–Trinajstić information content (AvgIpc) is 2.75. The van der Waals surface area contributed by atoms with Crippen LogP contribution in [0.2, 0.25) is 0 Å². The highest BCUT2D eigenvalue weighted by Crippen LogP contribution is 2.20. The Morgan fingerprint density at radius 1 is 1.07 bits per heavy atom. The molecule has 30 heavy (non-hydrogen) atoms. The van der Waals surface area contributed by atoms with Crippen LogP contribution >= 0.6 is 0 Å². The Morgan fingerprint density at radius 2 is 1.87 bits per heavy atom. The zero-order chi connectivity index (χ0) is 21.1. The van der Waals surface area contributed by atoms with Gasteiger partial charge in [-0.1, -0.05) is 12.6 Å². The van der Waals surface area contributed by atoms with Crippen molar-refractivity contribution in [3.63, 3.8) is 0 Å². The summed E-state index contributed by atoms with van der Waals surface area (Å²) in [4.78, 5) is 33.0. The van der Waals surface area contributed by atoms with Crippen molar-refractivity contribution < 1.29 is 9.18 Å². The molecule has 4 rings (SSSR count). The second kappa shape index (κ2) is 7.96. The summed E-state index contributed by atoms with van der Waals surface area (Å²) in [7, 11) is 0. The zero-order valence-electron chi connectivity index (χ0n) is 15.7. The molecule has 0 atom stereocenters. The average molecular weight is 401 g/mol. The van der Waals surface area contributed by atoms with Gasteiger partial charge in [-0.05, 0) is 54.6 Å². The molecule has 0 aliphatic carbocycles. The van der Waals surface area contributed by atoms with Crippen molar-refractivity contribution in [1.82, 2.24) is 14.5 Å². The molecule has 4 aromatic rings. The van der Waals surface area contributed by atoms with Crippen LogP contribution in [0.25, 0.3) is 16.7 Å². The lowest BCUT2D eigenvalue weighted by atomic mass is 10.2. The first kappa shape index (κ1) is 19.0. The maximum Gasteiger partial charge on any atom is 0.256 e. The monoisotopic (exact) mass is 401 g/mol. The second-order valence-corrected chi connectivity index (χ2v) is 6.36. The molecule has 8 heteroatoms. The summed E-state index contributed by atoms with van der Waals surface area (Å²) in [6.45, 7) is 3.43. The summed E-state index contributed by atoms with van der Waals surface area (Å²) in [5.74, 6) is -0.452. The predicted octanol–water partition coefficient (Wildman–Crippen LogP) is 3.79. The summed E-state index contributed by atoms with van der Waals surface area (Å²) in [5.41, 5.74) is 1.74. The predicted molar refractivity (Wildman–Crippen MR) is 114 cm³/mol. The molecular formula is C22H16FN5O2. The van der Waals surface area contributed by atoms with Crippen molar-refractivity contribution in [3.05, 3.63) is 95.7 Å². The van der Waals surface area contributed by atoms with E-state index in [2.05, 4.69) is 27.2 Å². The molecule has 148 valence electrons. The molecule has 0 radical (unpaired) electrons. The number of amides is 1. The first-order chi connectivity index (χ1) is 14.5. The van der Waals surface area contributed by atoms with E-state index in [-0.39, 0.29) is 23.2 Å². The second-order valence-electron chi connectivity index (χ2n) is 6.36. The van der Waals surface area contributed by atoms with Gasteiger partial charge in [0.15, 0.2) is 5.65 Å². The number of nitrogens with zero attached hydrogens (tertiary/aromatic N) is 3. The standard InChI is InChI=1S/C22H16FN5O2/c1-2-19(29)25-17-4-3-5-18(12-17)28-20(30)11-6-14-13-24-22(27-21(14)28)26-16-9-7-15(23)8-10-16/h2-13H,1H2,(H,25,29)(H,24,26,27). The molecule has 0 aliphatic rings. The van der Waals surface area contributed by atoms with Gasteiger partial charge in [0.1, 0.15) is 5.82 Å². The third-order valence-electron chi connectivity index (χ3n) is 4.29. The zero-order valence-corrected chi connectivity index (χ0v) is 15.7. The maximum absolute atomic E-state index is 13.1. The lowest BCUT2D eigenvalue weighted by molar-refractivity contribution is -0.111. The van der Waals surface area contributed by atoms with Gasteiger partial charge in [0.2, 0.25) is 11.9 Å². The van der Waals surface area contributed by atoms with E-state index >= 15 is 0 Å². The van der Waals surface area contributed by atoms with Crippen LogP contribution in [0.1, 0.15) is 0 Å². The lowest BCUT2D eigenvalue weighted by Gasteiger charge is -2.12. The van der Waals surface area contributed by atoms with Crippen molar-refractivity contribution in [2.24, 2.45) is 0 Å². The number of fused-ring (bicyclic) bond motifs is 1. The molecule has 2 aromatic carbocycles. The van der Waals surface area contributed by atoms with Crippen molar-refractivity contribution >= 4 is 34.3 Å². The largest absolute Gasteiger partial charge is 0.324 e. The van der Waals surface area contributed by atoms with Gasteiger partial charge in [-0.2, -0.15) is 4.98 Å². The molecule has 1 amide bonds. The van der Waals surface area contributed by atoms with Gasteiger partial charge < -0.3 is 10.6 Å². The van der Waals surface area contributed by atoms with Crippen LogP contribution in [-0.2, 0) is 4.79 Å². The van der Waals surface area contributed by atoms with Crippen LogP contribution in [0.15, 0.2) is 84.3 Å². The number of carbonyl (C=O) groups excluding carboxylic acids is 1. The van der Waals surface area contributed by atoms with E-state index in [1.807, 2.05) is 0 Å². The van der Waals surface area contributed by atoms with Gasteiger partial charge in [0.05, 0.1) is 5.69 Å². The quantitative estimate of drug-likeness (QED) is 0.497. The Hall–Kier alpha value is -4.33. The summed E-state index contributed by atoms with van der Waals surface area (Å²) in [6.07, 6.45) is 2.75. The highest BCUT2D eigenvalue weighted by atomic mass is 19.1. The fourth-order valence-electron chi connectivity index (χ4n) is 2.91. The summed E-state index contributed by atoms with van der Waals surface area (Å²) in [6, 6.07) is 15.7.